The van der Waals surface area contributed by atoms with Crippen LogP contribution in [-0.4, -0.2) is 33.1 Å². The number of rotatable bonds is 10. The first-order chi connectivity index (χ1) is 14.7. The number of aromatic nitrogens is 2. The van der Waals surface area contributed by atoms with Crippen LogP contribution < -0.4 is 4.74 Å². The fraction of sp³-hybridized carbons (Fsp3) is 0.391. The number of hydrogen-bond acceptors (Lipinski definition) is 5. The van der Waals surface area contributed by atoms with Crippen molar-refractivity contribution < 1.29 is 19.4 Å². The molecular formula is C23H27ClN2O4S. The van der Waals surface area contributed by atoms with Crippen molar-refractivity contribution in [1.82, 2.24) is 9.78 Å². The highest BCUT2D eigenvalue weighted by atomic mass is 35.5. The first-order valence-corrected chi connectivity index (χ1v) is 11.3. The van der Waals surface area contributed by atoms with Crippen molar-refractivity contribution in [3.8, 4) is 15.6 Å². The van der Waals surface area contributed by atoms with Crippen LogP contribution in [0.5, 0.6) is 5.06 Å². The lowest BCUT2D eigenvalue weighted by molar-refractivity contribution is -0.162. The van der Waals surface area contributed by atoms with E-state index in [2.05, 4.69) is 18.9 Å². The molecule has 1 N–H and O–H groups in total. The second-order valence-electron chi connectivity index (χ2n) is 8.20. The number of hydrogen-bond donors (Lipinski definition) is 1. The van der Waals surface area contributed by atoms with E-state index in [4.69, 9.17) is 21.1 Å². The summed E-state index contributed by atoms with van der Waals surface area (Å²) in [6, 6.07) is 13.5. The Balaban J connectivity index is 1.89. The van der Waals surface area contributed by atoms with Gasteiger partial charge in [-0.15, -0.1) is 0 Å². The molecule has 0 bridgehead atoms. The summed E-state index contributed by atoms with van der Waals surface area (Å²) in [7, 11) is 0. The Morgan fingerprint density at radius 3 is 2.68 bits per heavy atom. The maximum atomic E-state index is 11.3. The lowest BCUT2D eigenvalue weighted by Crippen LogP contribution is -2.34. The molecule has 0 aliphatic carbocycles. The van der Waals surface area contributed by atoms with Crippen molar-refractivity contribution in [2.45, 2.75) is 46.4 Å². The van der Waals surface area contributed by atoms with E-state index < -0.39 is 11.6 Å². The summed E-state index contributed by atoms with van der Waals surface area (Å²) in [5.41, 5.74) is 1.19. The molecule has 0 saturated carbocycles. The second-order valence-corrected chi connectivity index (χ2v) is 9.65. The molecule has 0 aliphatic heterocycles. The average Bonchev–Trinajstić information content (AvgIpc) is 3.33. The number of halogens is 1. The van der Waals surface area contributed by atoms with Gasteiger partial charge in [-0.3, -0.25) is 4.68 Å². The van der Waals surface area contributed by atoms with E-state index in [1.165, 1.54) is 13.8 Å². The zero-order valence-electron chi connectivity index (χ0n) is 18.1. The number of carbonyl (C=O) groups is 1. The Morgan fingerprint density at radius 2 is 2.00 bits per heavy atom. The fourth-order valence-electron chi connectivity index (χ4n) is 2.75. The molecule has 2 heterocycles. The molecular weight excluding hydrogens is 436 g/mol. The molecule has 166 valence electrons. The number of nitrogens with zero attached hydrogens (tertiary/aromatic N) is 2. The van der Waals surface area contributed by atoms with Crippen LogP contribution in [0, 0.1) is 5.92 Å². The van der Waals surface area contributed by atoms with Gasteiger partial charge in [-0.1, -0.05) is 55.0 Å². The quantitative estimate of drug-likeness (QED) is 0.416. The minimum atomic E-state index is -1.30. The number of benzene rings is 1. The van der Waals surface area contributed by atoms with Crippen LogP contribution in [0.3, 0.4) is 0 Å². The predicted molar refractivity (Wildman–Crippen MR) is 123 cm³/mol. The minimum Gasteiger partial charge on any atom is -0.484 e. The van der Waals surface area contributed by atoms with E-state index in [-0.39, 0.29) is 6.61 Å². The van der Waals surface area contributed by atoms with Gasteiger partial charge >= 0.3 is 5.97 Å². The molecule has 2 aromatic heterocycles. The molecule has 0 radical (unpaired) electrons. The van der Waals surface area contributed by atoms with Crippen molar-refractivity contribution >= 4 is 28.9 Å². The van der Waals surface area contributed by atoms with Gasteiger partial charge in [0.2, 0.25) is 0 Å². The van der Waals surface area contributed by atoms with Gasteiger partial charge in [0.25, 0.3) is 0 Å². The van der Waals surface area contributed by atoms with Gasteiger partial charge < -0.3 is 14.6 Å². The van der Waals surface area contributed by atoms with E-state index in [0.29, 0.717) is 29.8 Å². The van der Waals surface area contributed by atoms with Crippen molar-refractivity contribution in [3.05, 3.63) is 58.7 Å². The Morgan fingerprint density at radius 1 is 1.26 bits per heavy atom. The molecule has 8 heteroatoms. The lowest BCUT2D eigenvalue weighted by atomic mass is 10.1. The zero-order chi connectivity index (χ0) is 22.6. The number of carboxylic acids is 1. The minimum absolute atomic E-state index is 0.0872. The zero-order valence-corrected chi connectivity index (χ0v) is 19.7. The number of thiophene rings is 1. The maximum absolute atomic E-state index is 11.3. The SMILES string of the molecule is CC(C)COc1ccc(-c2cc(COC(C)(C)C(=O)O)nn2Cc2ccccc2Cl)s1. The van der Waals surface area contributed by atoms with Gasteiger partial charge in [0.15, 0.2) is 10.7 Å². The molecule has 0 unspecified atom stereocenters. The lowest BCUT2D eigenvalue weighted by Gasteiger charge is -2.19. The van der Waals surface area contributed by atoms with Gasteiger partial charge in [-0.05, 0) is 49.6 Å². The highest BCUT2D eigenvalue weighted by Gasteiger charge is 2.28. The third-order valence-electron chi connectivity index (χ3n) is 4.60. The van der Waals surface area contributed by atoms with Gasteiger partial charge in [-0.25, -0.2) is 4.79 Å². The number of carboxylic acid groups (broad SMARTS) is 1. The van der Waals surface area contributed by atoms with E-state index in [1.807, 2.05) is 47.1 Å². The predicted octanol–water partition coefficient (Wildman–Crippen LogP) is 5.73. The van der Waals surface area contributed by atoms with E-state index in [9.17, 15) is 9.90 Å². The summed E-state index contributed by atoms with van der Waals surface area (Å²) in [5.74, 6) is -0.578. The van der Waals surface area contributed by atoms with Crippen molar-refractivity contribution in [2.75, 3.05) is 6.61 Å². The molecule has 0 atom stereocenters. The molecule has 0 saturated heterocycles. The summed E-state index contributed by atoms with van der Waals surface area (Å²) in [4.78, 5) is 12.4. The summed E-state index contributed by atoms with van der Waals surface area (Å²) in [6.07, 6.45) is 0. The van der Waals surface area contributed by atoms with Gasteiger partial charge in [0, 0.05) is 5.02 Å². The largest absolute Gasteiger partial charge is 0.484 e. The van der Waals surface area contributed by atoms with E-state index in [0.717, 1.165) is 21.2 Å². The van der Waals surface area contributed by atoms with Gasteiger partial charge in [0.05, 0.1) is 36.0 Å². The normalized spacial score (nSPS) is 11.8. The molecule has 1 aromatic carbocycles. The van der Waals surface area contributed by atoms with Crippen LogP contribution >= 0.6 is 22.9 Å². The summed E-state index contributed by atoms with van der Waals surface area (Å²) < 4.78 is 13.3. The van der Waals surface area contributed by atoms with E-state index >= 15 is 0 Å². The third-order valence-corrected chi connectivity index (χ3v) is 5.99. The Kier molecular flexibility index (Phi) is 7.41. The molecule has 0 amide bonds. The molecule has 6 nitrogen and oxygen atoms in total. The monoisotopic (exact) mass is 462 g/mol. The maximum Gasteiger partial charge on any atom is 0.335 e. The van der Waals surface area contributed by atoms with Crippen LogP contribution in [0.15, 0.2) is 42.5 Å². The summed E-state index contributed by atoms with van der Waals surface area (Å²) in [5, 5.41) is 15.5. The van der Waals surface area contributed by atoms with Crippen LogP contribution in [-0.2, 0) is 22.7 Å². The van der Waals surface area contributed by atoms with Crippen molar-refractivity contribution in [3.63, 3.8) is 0 Å². The van der Waals surface area contributed by atoms with E-state index in [1.54, 1.807) is 11.3 Å². The summed E-state index contributed by atoms with van der Waals surface area (Å²) >= 11 is 7.91. The van der Waals surface area contributed by atoms with Crippen LogP contribution in [0.25, 0.3) is 10.6 Å². The standard InChI is InChI=1S/C23H27ClN2O4S/c1-15(2)13-29-21-10-9-20(31-21)19-11-17(14-30-23(3,4)22(27)28)25-26(19)12-16-7-5-6-8-18(16)24/h5-11,15H,12-14H2,1-4H3,(H,27,28). The Labute approximate surface area is 191 Å². The van der Waals surface area contributed by atoms with Crippen LogP contribution in [0.1, 0.15) is 39.0 Å². The topological polar surface area (TPSA) is 73.6 Å². The van der Waals surface area contributed by atoms with Crippen LogP contribution in [0.2, 0.25) is 5.02 Å². The molecule has 0 fully saturated rings. The molecule has 0 spiro atoms. The number of ether oxygens (including phenoxy) is 2. The van der Waals surface area contributed by atoms with Gasteiger partial charge in [-0.2, -0.15) is 5.10 Å². The van der Waals surface area contributed by atoms with Crippen LogP contribution in [0.4, 0.5) is 0 Å². The highest BCUT2D eigenvalue weighted by Crippen LogP contribution is 2.34. The molecule has 0 aliphatic rings. The fourth-order valence-corrected chi connectivity index (χ4v) is 3.83. The molecule has 3 aromatic rings. The smallest absolute Gasteiger partial charge is 0.335 e. The first-order valence-electron chi connectivity index (χ1n) is 10.1. The summed E-state index contributed by atoms with van der Waals surface area (Å²) in [6.45, 7) is 8.49. The Hall–Kier alpha value is -2.35. The van der Waals surface area contributed by atoms with Gasteiger partial charge in [0.1, 0.15) is 0 Å². The Bertz CT molecular complexity index is 1040. The molecule has 3 rings (SSSR count). The molecule has 31 heavy (non-hydrogen) atoms. The first kappa shape index (κ1) is 23.3. The second kappa shape index (κ2) is 9.85. The number of aliphatic carboxylic acids is 1. The average molecular weight is 463 g/mol. The van der Waals surface area contributed by atoms with Crippen molar-refractivity contribution in [2.24, 2.45) is 5.92 Å². The third kappa shape index (κ3) is 6.09. The van der Waals surface area contributed by atoms with Crippen molar-refractivity contribution in [1.29, 1.82) is 0 Å². The highest BCUT2D eigenvalue weighted by molar-refractivity contribution is 7.17.